The van der Waals surface area contributed by atoms with Gasteiger partial charge < -0.3 is 24.8 Å². The molecule has 4 unspecified atom stereocenters. The topological polar surface area (TPSA) is 94.6 Å². The molecule has 2 aromatic heterocycles. The first kappa shape index (κ1) is 19.9. The number of rotatable bonds is 6. The van der Waals surface area contributed by atoms with Crippen LogP contribution in [0.5, 0.6) is 5.75 Å². The van der Waals surface area contributed by atoms with Crippen molar-refractivity contribution in [3.8, 4) is 17.0 Å². The molecule has 8 nitrogen and oxygen atoms in total. The number of nitrogens with zero attached hydrogens (tertiary/aromatic N) is 2. The fourth-order valence-corrected chi connectivity index (χ4v) is 4.54. The number of amides is 1. The Morgan fingerprint density at radius 2 is 1.87 bits per heavy atom. The Morgan fingerprint density at radius 3 is 2.61 bits per heavy atom. The van der Waals surface area contributed by atoms with E-state index < -0.39 is 0 Å². The van der Waals surface area contributed by atoms with Gasteiger partial charge in [-0.05, 0) is 41.8 Å². The van der Waals surface area contributed by atoms with Gasteiger partial charge in [0.2, 0.25) is 5.95 Å². The van der Waals surface area contributed by atoms with Crippen LogP contribution in [0, 0.1) is 0 Å². The van der Waals surface area contributed by atoms with Gasteiger partial charge in [-0.2, -0.15) is 0 Å². The number of fused-ring (bicyclic) bond motifs is 1. The molecule has 5 rings (SSSR count). The maximum Gasteiger partial charge on any atom is 0.261 e. The summed E-state index contributed by atoms with van der Waals surface area (Å²) in [4.78, 5) is 22.0. The number of methoxy groups -OCH3 is 1. The summed E-state index contributed by atoms with van der Waals surface area (Å²) in [5, 5.41) is 8.25. The van der Waals surface area contributed by atoms with Crippen molar-refractivity contribution in [2.45, 2.75) is 24.3 Å². The van der Waals surface area contributed by atoms with Crippen LogP contribution < -0.4 is 15.4 Å². The van der Waals surface area contributed by atoms with E-state index in [1.807, 2.05) is 41.8 Å². The number of carbonyl (C=O) groups excluding carboxylic acids is 1. The van der Waals surface area contributed by atoms with Crippen LogP contribution in [-0.4, -0.2) is 60.5 Å². The van der Waals surface area contributed by atoms with E-state index in [0.29, 0.717) is 24.0 Å². The van der Waals surface area contributed by atoms with Gasteiger partial charge in [-0.25, -0.2) is 9.97 Å². The van der Waals surface area contributed by atoms with Gasteiger partial charge in [-0.15, -0.1) is 11.3 Å². The van der Waals surface area contributed by atoms with Gasteiger partial charge in [0, 0.05) is 11.8 Å². The average molecular weight is 439 g/mol. The molecule has 2 aliphatic heterocycles. The van der Waals surface area contributed by atoms with Gasteiger partial charge in [-0.1, -0.05) is 6.07 Å². The summed E-state index contributed by atoms with van der Waals surface area (Å²) < 4.78 is 17.1. The van der Waals surface area contributed by atoms with Crippen molar-refractivity contribution in [1.82, 2.24) is 15.3 Å². The van der Waals surface area contributed by atoms with Crippen LogP contribution >= 0.6 is 11.3 Å². The standard InChI is InChI=1S/C22H22N4O4S/c1-28-14-6-4-13(5-7-14)15-8-9-23-22(25-15)26-17-12-30-19-16(11-29-20(17)19)24-21(27)18-3-2-10-31-18/h2-10,16-17,19-20H,11-12H2,1H3,(H,24,27)(H,23,25,26). The summed E-state index contributed by atoms with van der Waals surface area (Å²) in [6, 6.07) is 13.0. The van der Waals surface area contributed by atoms with E-state index >= 15 is 0 Å². The number of thiophene rings is 1. The molecular formula is C22H22N4O4S. The normalized spacial score (nSPS) is 24.5. The van der Waals surface area contributed by atoms with Crippen molar-refractivity contribution < 1.29 is 19.0 Å². The van der Waals surface area contributed by atoms with Crippen LogP contribution in [0.4, 0.5) is 5.95 Å². The third-order valence-corrected chi connectivity index (χ3v) is 6.34. The van der Waals surface area contributed by atoms with Gasteiger partial charge in [0.15, 0.2) is 0 Å². The lowest BCUT2D eigenvalue weighted by Crippen LogP contribution is -2.44. The second kappa shape index (κ2) is 8.62. The summed E-state index contributed by atoms with van der Waals surface area (Å²) >= 11 is 1.41. The zero-order valence-corrected chi connectivity index (χ0v) is 17.7. The smallest absolute Gasteiger partial charge is 0.261 e. The van der Waals surface area contributed by atoms with Crippen molar-refractivity contribution >= 4 is 23.2 Å². The first-order valence-electron chi connectivity index (χ1n) is 10.0. The third-order valence-electron chi connectivity index (χ3n) is 5.47. The molecule has 0 radical (unpaired) electrons. The zero-order valence-electron chi connectivity index (χ0n) is 16.9. The highest BCUT2D eigenvalue weighted by Gasteiger charge is 2.48. The minimum Gasteiger partial charge on any atom is -0.497 e. The van der Waals surface area contributed by atoms with E-state index in [1.165, 1.54) is 11.3 Å². The Kier molecular flexibility index (Phi) is 5.54. The van der Waals surface area contributed by atoms with Crippen molar-refractivity contribution in [3.05, 3.63) is 58.9 Å². The van der Waals surface area contributed by atoms with E-state index in [0.717, 1.165) is 17.0 Å². The Balaban J connectivity index is 1.24. The Bertz CT molecular complexity index is 1040. The molecule has 2 aliphatic rings. The minimum absolute atomic E-state index is 0.0974. The number of hydrogen-bond donors (Lipinski definition) is 2. The highest BCUT2D eigenvalue weighted by molar-refractivity contribution is 7.12. The summed E-state index contributed by atoms with van der Waals surface area (Å²) in [6.07, 6.45) is 1.34. The highest BCUT2D eigenvalue weighted by Crippen LogP contribution is 2.29. The molecule has 0 bridgehead atoms. The molecule has 0 saturated carbocycles. The first-order valence-corrected chi connectivity index (χ1v) is 10.9. The molecule has 2 saturated heterocycles. The number of benzene rings is 1. The van der Waals surface area contributed by atoms with Crippen molar-refractivity contribution in [3.63, 3.8) is 0 Å². The summed E-state index contributed by atoms with van der Waals surface area (Å²) in [5.41, 5.74) is 1.78. The lowest BCUT2D eigenvalue weighted by Gasteiger charge is -2.18. The highest BCUT2D eigenvalue weighted by atomic mass is 32.1. The van der Waals surface area contributed by atoms with Gasteiger partial charge in [0.05, 0.1) is 43.0 Å². The summed E-state index contributed by atoms with van der Waals surface area (Å²) in [7, 11) is 1.64. The molecule has 0 aliphatic carbocycles. The van der Waals surface area contributed by atoms with Crippen molar-refractivity contribution in [2.24, 2.45) is 0 Å². The van der Waals surface area contributed by atoms with E-state index in [2.05, 4.69) is 20.6 Å². The molecule has 1 amide bonds. The van der Waals surface area contributed by atoms with Gasteiger partial charge in [0.1, 0.15) is 18.0 Å². The molecule has 4 heterocycles. The Labute approximate surface area is 183 Å². The average Bonchev–Trinajstić information content (AvgIpc) is 3.55. The van der Waals surface area contributed by atoms with Gasteiger partial charge in [-0.3, -0.25) is 4.79 Å². The lowest BCUT2D eigenvalue weighted by atomic mass is 10.1. The second-order valence-electron chi connectivity index (χ2n) is 7.40. The lowest BCUT2D eigenvalue weighted by molar-refractivity contribution is 0.0652. The van der Waals surface area contributed by atoms with Crippen molar-refractivity contribution in [2.75, 3.05) is 25.6 Å². The SMILES string of the molecule is COc1ccc(-c2ccnc(NC3COC4C(NC(=O)c5cccs5)COC34)n2)cc1. The van der Waals surface area contributed by atoms with Crippen LogP contribution in [0.3, 0.4) is 0 Å². The quantitative estimate of drug-likeness (QED) is 0.611. The first-order chi connectivity index (χ1) is 15.2. The zero-order chi connectivity index (χ0) is 21.2. The van der Waals surface area contributed by atoms with Gasteiger partial charge in [0.25, 0.3) is 5.91 Å². The number of nitrogens with one attached hydrogen (secondary N) is 2. The number of hydrogen-bond acceptors (Lipinski definition) is 8. The fraction of sp³-hybridized carbons (Fsp3) is 0.318. The molecule has 2 N–H and O–H groups in total. The molecule has 4 atom stereocenters. The van der Waals surface area contributed by atoms with Crippen LogP contribution in [0.1, 0.15) is 9.67 Å². The molecule has 31 heavy (non-hydrogen) atoms. The maximum absolute atomic E-state index is 12.4. The molecule has 1 aromatic carbocycles. The van der Waals surface area contributed by atoms with Crippen LogP contribution in [0.25, 0.3) is 11.3 Å². The molecule has 0 spiro atoms. The van der Waals surface area contributed by atoms with Crippen LogP contribution in [0.2, 0.25) is 0 Å². The Morgan fingerprint density at radius 1 is 1.10 bits per heavy atom. The third kappa shape index (κ3) is 4.12. The van der Waals surface area contributed by atoms with E-state index in [4.69, 9.17) is 14.2 Å². The summed E-state index contributed by atoms with van der Waals surface area (Å²) in [5.74, 6) is 1.21. The van der Waals surface area contributed by atoms with Crippen molar-refractivity contribution in [1.29, 1.82) is 0 Å². The van der Waals surface area contributed by atoms with Crippen LogP contribution in [-0.2, 0) is 9.47 Å². The largest absolute Gasteiger partial charge is 0.497 e. The molecule has 160 valence electrons. The van der Waals surface area contributed by atoms with E-state index in [1.54, 1.807) is 19.4 Å². The molecule has 9 heteroatoms. The van der Waals surface area contributed by atoms with E-state index in [9.17, 15) is 4.79 Å². The number of carbonyl (C=O) groups is 1. The predicted molar refractivity (Wildman–Crippen MR) is 116 cm³/mol. The monoisotopic (exact) mass is 438 g/mol. The fourth-order valence-electron chi connectivity index (χ4n) is 3.91. The minimum atomic E-state index is -0.203. The number of anilines is 1. The number of ether oxygens (including phenoxy) is 3. The Hall–Kier alpha value is -3.01. The maximum atomic E-state index is 12.4. The summed E-state index contributed by atoms with van der Waals surface area (Å²) in [6.45, 7) is 0.869. The second-order valence-corrected chi connectivity index (χ2v) is 8.35. The number of aromatic nitrogens is 2. The molecular weight excluding hydrogens is 416 g/mol. The van der Waals surface area contributed by atoms with Crippen LogP contribution in [0.15, 0.2) is 54.0 Å². The molecule has 2 fully saturated rings. The predicted octanol–water partition coefficient (Wildman–Crippen LogP) is 2.59. The van der Waals surface area contributed by atoms with Gasteiger partial charge >= 0.3 is 0 Å². The molecule has 3 aromatic rings. The van der Waals surface area contributed by atoms with E-state index in [-0.39, 0.29) is 30.2 Å².